The summed E-state index contributed by atoms with van der Waals surface area (Å²) in [5, 5.41) is 6.25. The fraction of sp³-hybridized carbons (Fsp3) is 0.462. The molecule has 2 rings (SSSR count). The molecule has 1 aliphatic rings. The molecule has 1 aromatic carbocycles. The summed E-state index contributed by atoms with van der Waals surface area (Å²) in [6, 6.07) is 5.65. The van der Waals surface area contributed by atoms with Crippen molar-refractivity contribution in [2.24, 2.45) is 11.8 Å². The lowest BCUT2D eigenvalue weighted by Gasteiger charge is -2.16. The highest BCUT2D eigenvalue weighted by molar-refractivity contribution is 5.97. The van der Waals surface area contributed by atoms with Crippen LogP contribution in [0.25, 0.3) is 0 Å². The third-order valence-electron chi connectivity index (χ3n) is 3.14. The molecule has 0 bridgehead atoms. The topological polar surface area (TPSA) is 50.4 Å². The van der Waals surface area contributed by atoms with Crippen molar-refractivity contribution in [2.45, 2.75) is 13.8 Å². The number of carbonyl (C=O) groups excluding carboxylic acids is 1. The summed E-state index contributed by atoms with van der Waals surface area (Å²) in [6.07, 6.45) is 0. The van der Waals surface area contributed by atoms with Gasteiger partial charge in [-0.2, -0.15) is 0 Å². The SMILES string of the molecule is COc1ccc2c(c1)NC(=O)C(C(C)C)CN2. The summed E-state index contributed by atoms with van der Waals surface area (Å²) in [6.45, 7) is 4.79. The molecule has 1 heterocycles. The number of methoxy groups -OCH3 is 1. The van der Waals surface area contributed by atoms with Crippen molar-refractivity contribution in [3.63, 3.8) is 0 Å². The van der Waals surface area contributed by atoms with E-state index in [1.54, 1.807) is 7.11 Å². The number of rotatable bonds is 2. The second-order valence-electron chi connectivity index (χ2n) is 4.63. The molecule has 0 fully saturated rings. The maximum absolute atomic E-state index is 12.0. The number of hydrogen-bond donors (Lipinski definition) is 2. The maximum atomic E-state index is 12.0. The van der Waals surface area contributed by atoms with Gasteiger partial charge in [0, 0.05) is 12.6 Å². The molecule has 17 heavy (non-hydrogen) atoms. The average Bonchev–Trinajstić information content (AvgIpc) is 2.46. The lowest BCUT2D eigenvalue weighted by molar-refractivity contribution is -0.120. The first-order valence-electron chi connectivity index (χ1n) is 5.84. The van der Waals surface area contributed by atoms with Gasteiger partial charge in [0.2, 0.25) is 5.91 Å². The van der Waals surface area contributed by atoms with Crippen LogP contribution >= 0.6 is 0 Å². The lowest BCUT2D eigenvalue weighted by Crippen LogP contribution is -2.29. The number of ether oxygens (including phenoxy) is 1. The monoisotopic (exact) mass is 234 g/mol. The van der Waals surface area contributed by atoms with Crippen molar-refractivity contribution in [2.75, 3.05) is 24.3 Å². The summed E-state index contributed by atoms with van der Waals surface area (Å²) >= 11 is 0. The first-order chi connectivity index (χ1) is 8.11. The summed E-state index contributed by atoms with van der Waals surface area (Å²) in [7, 11) is 1.62. The van der Waals surface area contributed by atoms with Gasteiger partial charge in [-0.25, -0.2) is 0 Å². The van der Waals surface area contributed by atoms with Gasteiger partial charge < -0.3 is 15.4 Å². The van der Waals surface area contributed by atoms with E-state index in [0.29, 0.717) is 12.5 Å². The van der Waals surface area contributed by atoms with E-state index in [4.69, 9.17) is 4.74 Å². The highest BCUT2D eigenvalue weighted by atomic mass is 16.5. The molecule has 4 heteroatoms. The van der Waals surface area contributed by atoms with Crippen molar-refractivity contribution in [1.82, 2.24) is 0 Å². The fourth-order valence-electron chi connectivity index (χ4n) is 1.98. The van der Waals surface area contributed by atoms with E-state index in [9.17, 15) is 4.79 Å². The molecule has 1 aromatic rings. The van der Waals surface area contributed by atoms with Crippen LogP contribution in [0.4, 0.5) is 11.4 Å². The molecule has 92 valence electrons. The number of hydrogen-bond acceptors (Lipinski definition) is 3. The van der Waals surface area contributed by atoms with Gasteiger partial charge in [0.05, 0.1) is 24.4 Å². The molecule has 4 nitrogen and oxygen atoms in total. The summed E-state index contributed by atoms with van der Waals surface area (Å²) in [5.41, 5.74) is 1.74. The minimum absolute atomic E-state index is 0.00612. The molecule has 1 atom stereocenters. The second-order valence-corrected chi connectivity index (χ2v) is 4.63. The highest BCUT2D eigenvalue weighted by Crippen LogP contribution is 2.30. The maximum Gasteiger partial charge on any atom is 0.229 e. The van der Waals surface area contributed by atoms with E-state index >= 15 is 0 Å². The van der Waals surface area contributed by atoms with Crippen LogP contribution in [-0.2, 0) is 4.79 Å². The Kier molecular flexibility index (Phi) is 3.22. The van der Waals surface area contributed by atoms with Gasteiger partial charge in [-0.1, -0.05) is 13.8 Å². The Morgan fingerprint density at radius 2 is 2.12 bits per heavy atom. The highest BCUT2D eigenvalue weighted by Gasteiger charge is 2.25. The number of fused-ring (bicyclic) bond motifs is 1. The summed E-state index contributed by atoms with van der Waals surface area (Å²) in [4.78, 5) is 12.0. The van der Waals surface area contributed by atoms with Gasteiger partial charge in [0.1, 0.15) is 5.75 Å². The molecule has 1 amide bonds. The van der Waals surface area contributed by atoms with Crippen LogP contribution in [0.5, 0.6) is 5.75 Å². The second kappa shape index (κ2) is 4.65. The van der Waals surface area contributed by atoms with Crippen LogP contribution in [-0.4, -0.2) is 19.6 Å². The van der Waals surface area contributed by atoms with Crippen molar-refractivity contribution in [1.29, 1.82) is 0 Å². The zero-order valence-corrected chi connectivity index (χ0v) is 10.4. The van der Waals surface area contributed by atoms with Crippen molar-refractivity contribution in [3.05, 3.63) is 18.2 Å². The predicted molar refractivity (Wildman–Crippen MR) is 68.4 cm³/mol. The van der Waals surface area contributed by atoms with Gasteiger partial charge in [0.25, 0.3) is 0 Å². The summed E-state index contributed by atoms with van der Waals surface area (Å²) < 4.78 is 5.15. The van der Waals surface area contributed by atoms with E-state index in [1.807, 2.05) is 18.2 Å². The van der Waals surface area contributed by atoms with Crippen LogP contribution < -0.4 is 15.4 Å². The molecule has 0 aliphatic carbocycles. The van der Waals surface area contributed by atoms with E-state index in [-0.39, 0.29) is 11.8 Å². The zero-order valence-electron chi connectivity index (χ0n) is 10.4. The summed E-state index contributed by atoms with van der Waals surface area (Å²) in [5.74, 6) is 1.13. The Bertz CT molecular complexity index is 429. The molecule has 0 radical (unpaired) electrons. The molecule has 0 aromatic heterocycles. The van der Waals surface area contributed by atoms with Crippen molar-refractivity contribution in [3.8, 4) is 5.75 Å². The van der Waals surface area contributed by atoms with E-state index in [2.05, 4.69) is 24.5 Å². The van der Waals surface area contributed by atoms with E-state index in [1.165, 1.54) is 0 Å². The first kappa shape index (κ1) is 11.8. The van der Waals surface area contributed by atoms with E-state index in [0.717, 1.165) is 17.1 Å². The largest absolute Gasteiger partial charge is 0.497 e. The molecule has 0 saturated carbocycles. The normalized spacial score (nSPS) is 19.1. The standard InChI is InChI=1S/C13H18N2O2/c1-8(2)10-7-14-11-5-4-9(17-3)6-12(11)15-13(10)16/h4-6,8,10,14H,7H2,1-3H3,(H,15,16). The zero-order chi connectivity index (χ0) is 12.4. The minimum atomic E-state index is -0.00612. The van der Waals surface area contributed by atoms with Crippen molar-refractivity contribution >= 4 is 17.3 Å². The molecular weight excluding hydrogens is 216 g/mol. The van der Waals surface area contributed by atoms with Gasteiger partial charge in [-0.15, -0.1) is 0 Å². The predicted octanol–water partition coefficient (Wildman–Crippen LogP) is 2.33. The smallest absolute Gasteiger partial charge is 0.229 e. The Morgan fingerprint density at radius 1 is 1.35 bits per heavy atom. The first-order valence-corrected chi connectivity index (χ1v) is 5.84. The number of carbonyl (C=O) groups is 1. The van der Waals surface area contributed by atoms with E-state index < -0.39 is 0 Å². The van der Waals surface area contributed by atoms with Crippen LogP contribution in [0.3, 0.4) is 0 Å². The van der Waals surface area contributed by atoms with Crippen LogP contribution in [0.1, 0.15) is 13.8 Å². The number of nitrogens with one attached hydrogen (secondary N) is 2. The van der Waals surface area contributed by atoms with Crippen molar-refractivity contribution < 1.29 is 9.53 Å². The fourth-order valence-corrected chi connectivity index (χ4v) is 1.98. The molecule has 2 N–H and O–H groups in total. The number of anilines is 2. The lowest BCUT2D eigenvalue weighted by atomic mass is 9.95. The molecular formula is C13H18N2O2. The quantitative estimate of drug-likeness (QED) is 0.825. The Morgan fingerprint density at radius 3 is 2.76 bits per heavy atom. The van der Waals surface area contributed by atoms with Crippen LogP contribution in [0.15, 0.2) is 18.2 Å². The van der Waals surface area contributed by atoms with Crippen LogP contribution in [0, 0.1) is 11.8 Å². The van der Waals surface area contributed by atoms with Gasteiger partial charge >= 0.3 is 0 Å². The molecule has 0 saturated heterocycles. The number of amides is 1. The minimum Gasteiger partial charge on any atom is -0.497 e. The van der Waals surface area contributed by atoms with Gasteiger partial charge in [-0.05, 0) is 18.1 Å². The Hall–Kier alpha value is -1.71. The van der Waals surface area contributed by atoms with Gasteiger partial charge in [-0.3, -0.25) is 4.79 Å². The third-order valence-corrected chi connectivity index (χ3v) is 3.14. The van der Waals surface area contributed by atoms with Gasteiger partial charge in [0.15, 0.2) is 0 Å². The molecule has 0 spiro atoms. The Balaban J connectivity index is 2.28. The molecule has 1 unspecified atom stereocenters. The van der Waals surface area contributed by atoms with Crippen LogP contribution in [0.2, 0.25) is 0 Å². The Labute approximate surface area is 101 Å². The average molecular weight is 234 g/mol. The number of benzene rings is 1. The molecule has 1 aliphatic heterocycles. The third kappa shape index (κ3) is 2.35.